The Morgan fingerprint density at radius 3 is 2.56 bits per heavy atom. The standard InChI is InChI=1S/C9H11N3O3S/c1-6-5-8(7(2)11-12-10)3-4-9(6)16(13,14)15/h3-5,7H,1-2H3,(H,13,14,15)/t7-/m1/s1. The molecule has 0 unspecified atom stereocenters. The maximum absolute atomic E-state index is 10.9. The van der Waals surface area contributed by atoms with E-state index in [0.717, 1.165) is 0 Å². The molecule has 0 heterocycles. The Balaban J connectivity index is 3.24. The molecule has 0 aliphatic rings. The summed E-state index contributed by atoms with van der Waals surface area (Å²) in [5.41, 5.74) is 9.39. The fraction of sp³-hybridized carbons (Fsp3) is 0.333. The van der Waals surface area contributed by atoms with Gasteiger partial charge >= 0.3 is 0 Å². The number of aryl methyl sites for hydroxylation is 1. The molecule has 0 aliphatic carbocycles. The molecule has 0 saturated heterocycles. The van der Waals surface area contributed by atoms with Crippen LogP contribution >= 0.6 is 0 Å². The molecule has 0 fully saturated rings. The third-order valence-electron chi connectivity index (χ3n) is 2.18. The Bertz CT molecular complexity index is 547. The number of hydrogen-bond acceptors (Lipinski definition) is 3. The minimum Gasteiger partial charge on any atom is -0.282 e. The summed E-state index contributed by atoms with van der Waals surface area (Å²) in [6.45, 7) is 3.26. The van der Waals surface area contributed by atoms with E-state index in [4.69, 9.17) is 10.1 Å². The summed E-state index contributed by atoms with van der Waals surface area (Å²) in [5.74, 6) is 0. The summed E-state index contributed by atoms with van der Waals surface area (Å²) in [4.78, 5) is 2.54. The zero-order valence-electron chi connectivity index (χ0n) is 8.82. The van der Waals surface area contributed by atoms with E-state index in [0.29, 0.717) is 11.1 Å². The molecule has 0 radical (unpaired) electrons. The van der Waals surface area contributed by atoms with Gasteiger partial charge in [-0.2, -0.15) is 8.42 Å². The van der Waals surface area contributed by atoms with Crippen molar-refractivity contribution in [2.75, 3.05) is 0 Å². The van der Waals surface area contributed by atoms with Crippen LogP contribution in [0.25, 0.3) is 10.4 Å². The van der Waals surface area contributed by atoms with Gasteiger partial charge in [0.2, 0.25) is 0 Å². The van der Waals surface area contributed by atoms with E-state index in [2.05, 4.69) is 10.0 Å². The maximum Gasteiger partial charge on any atom is 0.294 e. The Kier molecular flexibility index (Phi) is 3.54. The molecule has 0 saturated carbocycles. The number of rotatable bonds is 3. The van der Waals surface area contributed by atoms with Crippen LogP contribution in [-0.2, 0) is 10.1 Å². The molecule has 1 N–H and O–H groups in total. The van der Waals surface area contributed by atoms with E-state index in [1.165, 1.54) is 12.1 Å². The smallest absolute Gasteiger partial charge is 0.282 e. The lowest BCUT2D eigenvalue weighted by Crippen LogP contribution is -2.02. The molecule has 7 heteroatoms. The SMILES string of the molecule is Cc1cc([C@@H](C)N=[N+]=[N-])ccc1S(=O)(=O)O. The van der Waals surface area contributed by atoms with E-state index in [1.807, 2.05) is 0 Å². The highest BCUT2D eigenvalue weighted by molar-refractivity contribution is 7.85. The molecule has 0 spiro atoms. The first-order chi connectivity index (χ1) is 7.36. The maximum atomic E-state index is 10.9. The van der Waals surface area contributed by atoms with Crippen molar-refractivity contribution in [1.82, 2.24) is 0 Å². The Hall–Kier alpha value is -1.56. The molecule has 0 aromatic heterocycles. The monoisotopic (exact) mass is 241 g/mol. The highest BCUT2D eigenvalue weighted by Gasteiger charge is 2.14. The van der Waals surface area contributed by atoms with Crippen LogP contribution in [-0.4, -0.2) is 13.0 Å². The van der Waals surface area contributed by atoms with Gasteiger partial charge in [-0.1, -0.05) is 24.2 Å². The van der Waals surface area contributed by atoms with Crippen molar-refractivity contribution in [3.63, 3.8) is 0 Å². The van der Waals surface area contributed by atoms with Gasteiger partial charge in [0.1, 0.15) is 0 Å². The first-order valence-electron chi connectivity index (χ1n) is 4.48. The molecule has 1 atom stereocenters. The molecule has 6 nitrogen and oxygen atoms in total. The summed E-state index contributed by atoms with van der Waals surface area (Å²) in [5, 5.41) is 3.50. The first-order valence-corrected chi connectivity index (χ1v) is 5.92. The van der Waals surface area contributed by atoms with Crippen molar-refractivity contribution in [2.24, 2.45) is 5.11 Å². The lowest BCUT2D eigenvalue weighted by Gasteiger charge is -2.08. The molecule has 0 amide bonds. The first kappa shape index (κ1) is 12.5. The van der Waals surface area contributed by atoms with Crippen LogP contribution in [0.15, 0.2) is 28.2 Å². The quantitative estimate of drug-likeness (QED) is 0.380. The van der Waals surface area contributed by atoms with Gasteiger partial charge in [-0.3, -0.25) is 4.55 Å². The largest absolute Gasteiger partial charge is 0.294 e. The number of azide groups is 1. The average Bonchev–Trinajstić information content (AvgIpc) is 2.16. The molecule has 0 aliphatic heterocycles. The Morgan fingerprint density at radius 1 is 1.50 bits per heavy atom. The van der Waals surface area contributed by atoms with Crippen LogP contribution in [0.2, 0.25) is 0 Å². The summed E-state index contributed by atoms with van der Waals surface area (Å²) >= 11 is 0. The Labute approximate surface area is 93.3 Å². The third-order valence-corrected chi connectivity index (χ3v) is 3.20. The van der Waals surface area contributed by atoms with Crippen LogP contribution in [0, 0.1) is 6.92 Å². The van der Waals surface area contributed by atoms with E-state index in [1.54, 1.807) is 19.9 Å². The van der Waals surface area contributed by atoms with Crippen LogP contribution in [0.4, 0.5) is 0 Å². The van der Waals surface area contributed by atoms with Crippen LogP contribution in [0.1, 0.15) is 24.1 Å². The van der Waals surface area contributed by atoms with Gasteiger partial charge in [0, 0.05) is 4.91 Å². The second-order valence-electron chi connectivity index (χ2n) is 3.38. The van der Waals surface area contributed by atoms with Gasteiger partial charge in [0.05, 0.1) is 10.9 Å². The van der Waals surface area contributed by atoms with Crippen molar-refractivity contribution in [2.45, 2.75) is 24.8 Å². The topological polar surface area (TPSA) is 103 Å². The fourth-order valence-electron chi connectivity index (χ4n) is 1.37. The van der Waals surface area contributed by atoms with Crippen molar-refractivity contribution >= 4 is 10.1 Å². The van der Waals surface area contributed by atoms with Crippen LogP contribution < -0.4 is 0 Å². The van der Waals surface area contributed by atoms with Crippen molar-refractivity contribution in [3.05, 3.63) is 39.8 Å². The predicted molar refractivity (Wildman–Crippen MR) is 58.6 cm³/mol. The summed E-state index contributed by atoms with van der Waals surface area (Å²) in [6.07, 6.45) is 0. The van der Waals surface area contributed by atoms with Crippen molar-refractivity contribution < 1.29 is 13.0 Å². The lowest BCUT2D eigenvalue weighted by molar-refractivity contribution is 0.482. The number of hydrogen-bond donors (Lipinski definition) is 1. The van der Waals surface area contributed by atoms with Crippen molar-refractivity contribution in [3.8, 4) is 0 Å². The van der Waals surface area contributed by atoms with Gasteiger partial charge in [0.25, 0.3) is 10.1 Å². The van der Waals surface area contributed by atoms with Gasteiger partial charge < -0.3 is 0 Å². The molecule has 1 rings (SSSR count). The number of nitrogens with zero attached hydrogens (tertiary/aromatic N) is 3. The minimum absolute atomic E-state index is 0.135. The lowest BCUT2D eigenvalue weighted by atomic mass is 10.1. The summed E-state index contributed by atoms with van der Waals surface area (Å²) < 4.78 is 30.8. The van der Waals surface area contributed by atoms with E-state index in [9.17, 15) is 8.42 Å². The van der Waals surface area contributed by atoms with Crippen molar-refractivity contribution in [1.29, 1.82) is 0 Å². The minimum atomic E-state index is -4.19. The highest BCUT2D eigenvalue weighted by Crippen LogP contribution is 2.22. The molecule has 0 bridgehead atoms. The molecular weight excluding hydrogens is 230 g/mol. The summed E-state index contributed by atoms with van der Waals surface area (Å²) in [6, 6.07) is 4.00. The predicted octanol–water partition coefficient (Wildman–Crippen LogP) is 2.61. The average molecular weight is 241 g/mol. The van der Waals surface area contributed by atoms with Gasteiger partial charge in [-0.05, 0) is 29.6 Å². The number of benzene rings is 1. The molecule has 16 heavy (non-hydrogen) atoms. The zero-order chi connectivity index (χ0) is 12.3. The molecule has 1 aromatic carbocycles. The second kappa shape index (κ2) is 4.52. The van der Waals surface area contributed by atoms with E-state index >= 15 is 0 Å². The van der Waals surface area contributed by atoms with Gasteiger partial charge in [0.15, 0.2) is 0 Å². The van der Waals surface area contributed by atoms with Gasteiger partial charge in [-0.25, -0.2) is 0 Å². The van der Waals surface area contributed by atoms with E-state index < -0.39 is 10.1 Å². The normalized spacial score (nSPS) is 12.9. The fourth-order valence-corrected chi connectivity index (χ4v) is 2.07. The Morgan fingerprint density at radius 2 is 2.12 bits per heavy atom. The summed E-state index contributed by atoms with van der Waals surface area (Å²) in [7, 11) is -4.19. The zero-order valence-corrected chi connectivity index (χ0v) is 9.64. The van der Waals surface area contributed by atoms with E-state index in [-0.39, 0.29) is 10.9 Å². The van der Waals surface area contributed by atoms with Crippen LogP contribution in [0.5, 0.6) is 0 Å². The third kappa shape index (κ3) is 2.73. The molecular formula is C9H11N3O3S. The molecule has 86 valence electrons. The van der Waals surface area contributed by atoms with Gasteiger partial charge in [-0.15, -0.1) is 0 Å². The molecule has 1 aromatic rings. The second-order valence-corrected chi connectivity index (χ2v) is 4.77. The van der Waals surface area contributed by atoms with Crippen LogP contribution in [0.3, 0.4) is 0 Å². The highest BCUT2D eigenvalue weighted by atomic mass is 32.2.